The Morgan fingerprint density at radius 1 is 1.12 bits per heavy atom. The molecule has 0 radical (unpaired) electrons. The number of anilines is 2. The number of ether oxygens (including phenoxy) is 1. The van der Waals surface area contributed by atoms with Crippen LogP contribution in [-0.4, -0.2) is 54.7 Å². The maximum atomic E-state index is 5.76. The fraction of sp³-hybridized carbons (Fsp3) is 0.368. The highest BCUT2D eigenvalue weighted by molar-refractivity contribution is 5.50. The van der Waals surface area contributed by atoms with Gasteiger partial charge in [0.2, 0.25) is 5.95 Å². The number of nitrogens with two attached hydrogens (primary N) is 1. The molecule has 1 aliphatic heterocycles. The summed E-state index contributed by atoms with van der Waals surface area (Å²) in [5.74, 6) is 2.16. The molecule has 1 aromatic heterocycles. The zero-order chi connectivity index (χ0) is 17.6. The van der Waals surface area contributed by atoms with Gasteiger partial charge >= 0.3 is 0 Å². The number of rotatable bonds is 5. The van der Waals surface area contributed by atoms with Crippen LogP contribution >= 0.6 is 0 Å². The normalized spacial score (nSPS) is 15.7. The van der Waals surface area contributed by atoms with Crippen molar-refractivity contribution in [2.75, 3.05) is 50.5 Å². The van der Waals surface area contributed by atoms with Gasteiger partial charge in [0.15, 0.2) is 0 Å². The van der Waals surface area contributed by atoms with E-state index in [1.165, 1.54) is 5.56 Å². The molecule has 1 saturated heterocycles. The third-order valence-corrected chi connectivity index (χ3v) is 4.34. The number of nitrogens with zero attached hydrogens (tertiary/aromatic N) is 4. The predicted molar refractivity (Wildman–Crippen MR) is 102 cm³/mol. The molecule has 6 nitrogen and oxygen atoms in total. The van der Waals surface area contributed by atoms with E-state index < -0.39 is 0 Å². The van der Waals surface area contributed by atoms with Gasteiger partial charge in [-0.15, -0.1) is 0 Å². The topological polar surface area (TPSA) is 67.5 Å². The minimum Gasteiger partial charge on any atom is -0.497 e. The lowest BCUT2D eigenvalue weighted by atomic mass is 10.2. The Hall–Kier alpha value is -2.60. The Morgan fingerprint density at radius 3 is 2.48 bits per heavy atom. The van der Waals surface area contributed by atoms with E-state index in [4.69, 9.17) is 10.5 Å². The van der Waals surface area contributed by atoms with Gasteiger partial charge in [0.1, 0.15) is 11.6 Å². The molecule has 0 aliphatic carbocycles. The van der Waals surface area contributed by atoms with Crippen molar-refractivity contribution in [1.29, 1.82) is 0 Å². The van der Waals surface area contributed by atoms with E-state index >= 15 is 0 Å². The van der Waals surface area contributed by atoms with Gasteiger partial charge in [0, 0.05) is 44.5 Å². The second-order valence-corrected chi connectivity index (χ2v) is 6.19. The van der Waals surface area contributed by atoms with Gasteiger partial charge in [-0.2, -0.15) is 4.98 Å². The van der Waals surface area contributed by atoms with E-state index in [1.807, 2.05) is 25.1 Å². The maximum Gasteiger partial charge on any atom is 0.222 e. The number of hydrogen-bond acceptors (Lipinski definition) is 6. The summed E-state index contributed by atoms with van der Waals surface area (Å²) in [6.45, 7) is 6.82. The van der Waals surface area contributed by atoms with Crippen LogP contribution in [0.4, 0.5) is 11.8 Å². The maximum absolute atomic E-state index is 5.76. The van der Waals surface area contributed by atoms with Gasteiger partial charge in [0.25, 0.3) is 0 Å². The highest BCUT2D eigenvalue weighted by Gasteiger charge is 2.17. The van der Waals surface area contributed by atoms with Crippen molar-refractivity contribution in [3.63, 3.8) is 0 Å². The first kappa shape index (κ1) is 17.2. The summed E-state index contributed by atoms with van der Waals surface area (Å²) in [4.78, 5) is 13.2. The second-order valence-electron chi connectivity index (χ2n) is 6.19. The monoisotopic (exact) mass is 339 g/mol. The van der Waals surface area contributed by atoms with Gasteiger partial charge < -0.3 is 15.4 Å². The summed E-state index contributed by atoms with van der Waals surface area (Å²) in [6, 6.07) is 10.1. The molecule has 0 saturated carbocycles. The Labute approximate surface area is 148 Å². The van der Waals surface area contributed by atoms with Crippen molar-refractivity contribution >= 4 is 17.8 Å². The number of aromatic nitrogens is 2. The van der Waals surface area contributed by atoms with Crippen molar-refractivity contribution < 1.29 is 4.74 Å². The third kappa shape index (κ3) is 4.70. The summed E-state index contributed by atoms with van der Waals surface area (Å²) in [5.41, 5.74) is 7.85. The molecule has 0 spiro atoms. The van der Waals surface area contributed by atoms with Gasteiger partial charge in [-0.1, -0.05) is 24.3 Å². The molecule has 1 fully saturated rings. The van der Waals surface area contributed by atoms with Crippen LogP contribution in [0.5, 0.6) is 5.75 Å². The summed E-state index contributed by atoms with van der Waals surface area (Å²) in [5, 5.41) is 0. The van der Waals surface area contributed by atoms with E-state index in [9.17, 15) is 0 Å². The summed E-state index contributed by atoms with van der Waals surface area (Å²) >= 11 is 0. The number of aryl methyl sites for hydroxylation is 1. The van der Waals surface area contributed by atoms with Gasteiger partial charge in [0.05, 0.1) is 7.11 Å². The molecule has 0 atom stereocenters. The number of nitrogen functional groups attached to an aromatic ring is 1. The van der Waals surface area contributed by atoms with Gasteiger partial charge in [-0.25, -0.2) is 4.98 Å². The van der Waals surface area contributed by atoms with E-state index in [-0.39, 0.29) is 0 Å². The molecule has 132 valence electrons. The van der Waals surface area contributed by atoms with Crippen molar-refractivity contribution in [3.8, 4) is 5.75 Å². The predicted octanol–water partition coefficient (Wildman–Crippen LogP) is 2.21. The van der Waals surface area contributed by atoms with Crippen LogP contribution in [0.3, 0.4) is 0 Å². The minimum atomic E-state index is 0.347. The Morgan fingerprint density at radius 2 is 1.84 bits per heavy atom. The van der Waals surface area contributed by atoms with E-state index in [0.29, 0.717) is 5.95 Å². The molecule has 3 rings (SSSR count). The smallest absolute Gasteiger partial charge is 0.222 e. The number of methoxy groups -OCH3 is 1. The van der Waals surface area contributed by atoms with Crippen LogP contribution in [0.2, 0.25) is 0 Å². The lowest BCUT2D eigenvalue weighted by Crippen LogP contribution is -2.46. The molecule has 6 heteroatoms. The molecule has 25 heavy (non-hydrogen) atoms. The van der Waals surface area contributed by atoms with Gasteiger partial charge in [-0.05, 0) is 24.6 Å². The first-order valence-electron chi connectivity index (χ1n) is 8.53. The molecular formula is C19H25N5O. The largest absolute Gasteiger partial charge is 0.497 e. The SMILES string of the molecule is COc1ccc(/C=C/CN2CCN(c3cc(C)nc(N)n3)CC2)cc1. The van der Waals surface area contributed by atoms with Crippen molar-refractivity contribution in [1.82, 2.24) is 14.9 Å². The molecule has 2 N–H and O–H groups in total. The highest BCUT2D eigenvalue weighted by Crippen LogP contribution is 2.16. The van der Waals surface area contributed by atoms with Crippen LogP contribution in [0, 0.1) is 6.92 Å². The van der Waals surface area contributed by atoms with Crippen LogP contribution < -0.4 is 15.4 Å². The molecule has 0 amide bonds. The van der Waals surface area contributed by atoms with Crippen LogP contribution in [0.25, 0.3) is 6.08 Å². The molecule has 0 unspecified atom stereocenters. The first-order valence-corrected chi connectivity index (χ1v) is 8.53. The zero-order valence-corrected chi connectivity index (χ0v) is 14.9. The summed E-state index contributed by atoms with van der Waals surface area (Å²) in [7, 11) is 1.68. The van der Waals surface area contributed by atoms with Crippen molar-refractivity contribution in [2.45, 2.75) is 6.92 Å². The average molecular weight is 339 g/mol. The van der Waals surface area contributed by atoms with Crippen molar-refractivity contribution in [3.05, 3.63) is 47.7 Å². The van der Waals surface area contributed by atoms with Crippen LogP contribution in [0.15, 0.2) is 36.4 Å². The fourth-order valence-corrected chi connectivity index (χ4v) is 2.95. The summed E-state index contributed by atoms with van der Waals surface area (Å²) in [6.07, 6.45) is 4.37. The quantitative estimate of drug-likeness (QED) is 0.901. The number of benzene rings is 1. The second kappa shape index (κ2) is 7.98. The van der Waals surface area contributed by atoms with Crippen molar-refractivity contribution in [2.24, 2.45) is 0 Å². The zero-order valence-electron chi connectivity index (χ0n) is 14.9. The lowest BCUT2D eigenvalue weighted by Gasteiger charge is -2.34. The average Bonchev–Trinajstić information content (AvgIpc) is 2.62. The minimum absolute atomic E-state index is 0.347. The highest BCUT2D eigenvalue weighted by atomic mass is 16.5. The molecule has 1 aliphatic rings. The van der Waals surface area contributed by atoms with E-state index in [0.717, 1.165) is 50.0 Å². The Bertz CT molecular complexity index is 701. The van der Waals surface area contributed by atoms with E-state index in [1.54, 1.807) is 7.11 Å². The molecule has 1 aromatic carbocycles. The molecular weight excluding hydrogens is 314 g/mol. The first-order chi connectivity index (χ1) is 12.1. The fourth-order valence-electron chi connectivity index (χ4n) is 2.95. The van der Waals surface area contributed by atoms with Crippen LogP contribution in [0.1, 0.15) is 11.3 Å². The Balaban J connectivity index is 1.49. The molecule has 2 heterocycles. The van der Waals surface area contributed by atoms with Gasteiger partial charge in [-0.3, -0.25) is 4.90 Å². The third-order valence-electron chi connectivity index (χ3n) is 4.34. The van der Waals surface area contributed by atoms with Crippen LogP contribution in [-0.2, 0) is 0 Å². The Kier molecular flexibility index (Phi) is 5.50. The lowest BCUT2D eigenvalue weighted by molar-refractivity contribution is 0.283. The summed E-state index contributed by atoms with van der Waals surface area (Å²) < 4.78 is 5.18. The number of piperazine rings is 1. The standard InChI is InChI=1S/C19H25N5O/c1-15-14-18(22-19(20)21-15)24-12-10-23(11-13-24)9-3-4-16-5-7-17(25-2)8-6-16/h3-8,14H,9-13H2,1-2H3,(H2,20,21,22)/b4-3+. The number of hydrogen-bond donors (Lipinski definition) is 1. The molecule has 0 bridgehead atoms. The van der Waals surface area contributed by atoms with E-state index in [2.05, 4.69) is 44.1 Å². The molecule has 2 aromatic rings.